The summed E-state index contributed by atoms with van der Waals surface area (Å²) in [7, 11) is 0. The van der Waals surface area contributed by atoms with Crippen molar-refractivity contribution in [1.82, 2.24) is 4.98 Å². The van der Waals surface area contributed by atoms with E-state index in [0.29, 0.717) is 0 Å². The SMILES string of the molecule is CCC1CC[N+]2=C1c1[nH]c3ccccc3c1CC2. The minimum atomic E-state index is 0.761. The van der Waals surface area contributed by atoms with Gasteiger partial charge in [-0.25, -0.2) is 4.58 Å². The Morgan fingerprint density at radius 3 is 3.06 bits per heavy atom. The molecule has 0 saturated carbocycles. The Labute approximate surface area is 107 Å². The number of hydrogen-bond donors (Lipinski definition) is 1. The van der Waals surface area contributed by atoms with Crippen LogP contribution in [0.1, 0.15) is 31.0 Å². The van der Waals surface area contributed by atoms with E-state index in [2.05, 4.69) is 40.7 Å². The predicted octanol–water partition coefficient (Wildman–Crippen LogP) is 2.96. The number of benzene rings is 1. The number of fused-ring (bicyclic) bond motifs is 4. The molecule has 1 atom stereocenters. The van der Waals surface area contributed by atoms with Gasteiger partial charge in [0.25, 0.3) is 0 Å². The van der Waals surface area contributed by atoms with Crippen LogP contribution in [0.2, 0.25) is 0 Å². The Balaban J connectivity index is 1.98. The van der Waals surface area contributed by atoms with E-state index in [9.17, 15) is 0 Å². The van der Waals surface area contributed by atoms with Gasteiger partial charge in [-0.05, 0) is 18.1 Å². The van der Waals surface area contributed by atoms with E-state index in [1.807, 2.05) is 0 Å². The molecule has 3 heterocycles. The van der Waals surface area contributed by atoms with Crippen molar-refractivity contribution in [3.05, 3.63) is 35.5 Å². The summed E-state index contributed by atoms with van der Waals surface area (Å²) in [6, 6.07) is 8.74. The molecule has 0 aliphatic carbocycles. The van der Waals surface area contributed by atoms with Crippen molar-refractivity contribution >= 4 is 16.6 Å². The van der Waals surface area contributed by atoms with Crippen LogP contribution in [0.5, 0.6) is 0 Å². The van der Waals surface area contributed by atoms with Crippen LogP contribution in [-0.4, -0.2) is 28.4 Å². The first-order chi connectivity index (χ1) is 8.88. The molecule has 2 heteroatoms. The van der Waals surface area contributed by atoms with Crippen molar-refractivity contribution in [2.45, 2.75) is 26.2 Å². The molecular weight excluding hydrogens is 220 g/mol. The molecule has 1 aromatic heterocycles. The highest BCUT2D eigenvalue weighted by Crippen LogP contribution is 2.32. The molecule has 0 spiro atoms. The molecule has 1 N–H and O–H groups in total. The lowest BCUT2D eigenvalue weighted by Gasteiger charge is -2.13. The molecule has 0 radical (unpaired) electrons. The second-order valence-corrected chi connectivity index (χ2v) is 5.54. The van der Waals surface area contributed by atoms with Gasteiger partial charge >= 0.3 is 0 Å². The zero-order chi connectivity index (χ0) is 12.1. The van der Waals surface area contributed by atoms with Crippen molar-refractivity contribution in [2.75, 3.05) is 13.1 Å². The molecule has 1 aromatic carbocycles. The molecule has 0 bridgehead atoms. The third-order valence-electron chi connectivity index (χ3n) is 4.67. The molecule has 18 heavy (non-hydrogen) atoms. The van der Waals surface area contributed by atoms with Crippen molar-refractivity contribution in [2.24, 2.45) is 5.92 Å². The molecule has 0 amide bonds. The van der Waals surface area contributed by atoms with Crippen LogP contribution < -0.4 is 0 Å². The average molecular weight is 239 g/mol. The fraction of sp³-hybridized carbons (Fsp3) is 0.438. The van der Waals surface area contributed by atoms with E-state index in [1.165, 1.54) is 48.9 Å². The van der Waals surface area contributed by atoms with Gasteiger partial charge in [0.2, 0.25) is 5.71 Å². The molecule has 2 nitrogen and oxygen atoms in total. The van der Waals surface area contributed by atoms with Gasteiger partial charge in [0, 0.05) is 23.7 Å². The van der Waals surface area contributed by atoms with E-state index in [-0.39, 0.29) is 0 Å². The molecule has 92 valence electrons. The highest BCUT2D eigenvalue weighted by Gasteiger charge is 2.38. The molecule has 2 aromatic rings. The summed E-state index contributed by atoms with van der Waals surface area (Å²) in [5.41, 5.74) is 5.89. The third kappa shape index (κ3) is 1.26. The number of para-hydroxylation sites is 1. The van der Waals surface area contributed by atoms with Gasteiger partial charge in [-0.15, -0.1) is 0 Å². The van der Waals surface area contributed by atoms with Crippen LogP contribution in [0.15, 0.2) is 24.3 Å². The van der Waals surface area contributed by atoms with Gasteiger partial charge in [-0.1, -0.05) is 25.1 Å². The van der Waals surface area contributed by atoms with Crippen molar-refractivity contribution < 1.29 is 4.58 Å². The molecule has 2 aliphatic rings. The Kier molecular flexibility index (Phi) is 2.14. The number of nitrogens with one attached hydrogen (secondary N) is 1. The largest absolute Gasteiger partial charge is 0.350 e. The van der Waals surface area contributed by atoms with Gasteiger partial charge < -0.3 is 4.98 Å². The number of aromatic amines is 1. The number of aromatic nitrogens is 1. The maximum Gasteiger partial charge on any atom is 0.203 e. The monoisotopic (exact) mass is 239 g/mol. The first-order valence-electron chi connectivity index (χ1n) is 7.10. The van der Waals surface area contributed by atoms with Crippen LogP contribution in [0.3, 0.4) is 0 Å². The fourth-order valence-corrected chi connectivity index (χ4v) is 3.74. The standard InChI is InChI=1S/C16H18N2/c1-2-11-7-9-18-10-8-13-12-5-3-4-6-14(12)17-15(13)16(11)18/h3-6,11H,2,7-10H2,1H3/p+1. The van der Waals surface area contributed by atoms with E-state index < -0.39 is 0 Å². The normalized spacial score (nSPS) is 22.4. The molecule has 0 saturated heterocycles. The topological polar surface area (TPSA) is 18.8 Å². The highest BCUT2D eigenvalue weighted by atomic mass is 15.1. The Morgan fingerprint density at radius 2 is 2.17 bits per heavy atom. The zero-order valence-electron chi connectivity index (χ0n) is 10.9. The van der Waals surface area contributed by atoms with E-state index >= 15 is 0 Å². The third-order valence-corrected chi connectivity index (χ3v) is 4.67. The molecule has 4 rings (SSSR count). The summed E-state index contributed by atoms with van der Waals surface area (Å²) < 4.78 is 2.60. The Hall–Kier alpha value is -1.57. The van der Waals surface area contributed by atoms with Gasteiger partial charge in [-0.2, -0.15) is 0 Å². The second kappa shape index (κ2) is 3.71. The van der Waals surface area contributed by atoms with Gasteiger partial charge in [0.05, 0.1) is 5.92 Å². The minimum absolute atomic E-state index is 0.761. The molecule has 1 unspecified atom stereocenters. The summed E-state index contributed by atoms with van der Waals surface area (Å²) in [5.74, 6) is 0.761. The molecule has 0 fully saturated rings. The first kappa shape index (κ1) is 10.4. The van der Waals surface area contributed by atoms with E-state index in [0.717, 1.165) is 5.92 Å². The van der Waals surface area contributed by atoms with Crippen LogP contribution in [0.25, 0.3) is 10.9 Å². The smallest absolute Gasteiger partial charge is 0.203 e. The maximum atomic E-state index is 3.67. The maximum absolute atomic E-state index is 3.67. The summed E-state index contributed by atoms with van der Waals surface area (Å²) in [4.78, 5) is 3.67. The summed E-state index contributed by atoms with van der Waals surface area (Å²) in [6.45, 7) is 4.78. The van der Waals surface area contributed by atoms with Gasteiger partial charge in [0.15, 0.2) is 0 Å². The Morgan fingerprint density at radius 1 is 1.28 bits per heavy atom. The molecule has 2 aliphatic heterocycles. The second-order valence-electron chi connectivity index (χ2n) is 5.54. The average Bonchev–Trinajstić information content (AvgIpc) is 2.98. The van der Waals surface area contributed by atoms with E-state index in [1.54, 1.807) is 11.3 Å². The number of H-pyrrole nitrogens is 1. The molecular formula is C16H19N2+. The summed E-state index contributed by atoms with van der Waals surface area (Å²) >= 11 is 0. The van der Waals surface area contributed by atoms with Crippen molar-refractivity contribution in [3.8, 4) is 0 Å². The van der Waals surface area contributed by atoms with Crippen molar-refractivity contribution in [1.29, 1.82) is 0 Å². The number of hydrogen-bond acceptors (Lipinski definition) is 0. The van der Waals surface area contributed by atoms with Crippen LogP contribution >= 0.6 is 0 Å². The van der Waals surface area contributed by atoms with Gasteiger partial charge in [0.1, 0.15) is 18.8 Å². The highest BCUT2D eigenvalue weighted by molar-refractivity contribution is 6.04. The van der Waals surface area contributed by atoms with E-state index in [4.69, 9.17) is 0 Å². The fourth-order valence-electron chi connectivity index (χ4n) is 3.74. The van der Waals surface area contributed by atoms with Gasteiger partial charge in [-0.3, -0.25) is 0 Å². The Bertz CT molecular complexity index is 648. The lowest BCUT2D eigenvalue weighted by atomic mass is 9.93. The summed E-state index contributed by atoms with van der Waals surface area (Å²) in [5, 5.41) is 1.43. The summed E-state index contributed by atoms with van der Waals surface area (Å²) in [6.07, 6.45) is 3.79. The van der Waals surface area contributed by atoms with Crippen LogP contribution in [0, 0.1) is 5.92 Å². The quantitative estimate of drug-likeness (QED) is 0.738. The zero-order valence-corrected chi connectivity index (χ0v) is 10.9. The number of nitrogens with zero attached hydrogens (tertiary/aromatic N) is 1. The number of rotatable bonds is 1. The van der Waals surface area contributed by atoms with Crippen molar-refractivity contribution in [3.63, 3.8) is 0 Å². The van der Waals surface area contributed by atoms with Crippen LogP contribution in [-0.2, 0) is 6.42 Å². The first-order valence-corrected chi connectivity index (χ1v) is 7.10. The lowest BCUT2D eigenvalue weighted by Crippen LogP contribution is -2.28. The predicted molar refractivity (Wildman–Crippen MR) is 74.5 cm³/mol. The van der Waals surface area contributed by atoms with Crippen LogP contribution in [0.4, 0.5) is 0 Å². The lowest BCUT2D eigenvalue weighted by molar-refractivity contribution is -0.520. The minimum Gasteiger partial charge on any atom is -0.350 e.